The van der Waals surface area contributed by atoms with Gasteiger partial charge in [-0.15, -0.1) is 0 Å². The minimum Gasteiger partial charge on any atom is -0.468 e. The molecule has 3 heterocycles. The second-order valence-corrected chi connectivity index (χ2v) is 9.94. The summed E-state index contributed by atoms with van der Waals surface area (Å²) in [6.45, 7) is 6.97. The number of morpholine rings is 1. The van der Waals surface area contributed by atoms with Crippen molar-refractivity contribution in [3.8, 4) is 6.07 Å². The first-order valence-corrected chi connectivity index (χ1v) is 10.6. The number of benzene rings is 1. The third-order valence-electron chi connectivity index (χ3n) is 7.26. The third kappa shape index (κ3) is 3.23. The second-order valence-electron chi connectivity index (χ2n) is 9.94. The van der Waals surface area contributed by atoms with Gasteiger partial charge in [0.2, 0.25) is 11.8 Å². The number of hydrogen-bond donors (Lipinski definition) is 0. The van der Waals surface area contributed by atoms with Crippen LogP contribution in [-0.2, 0) is 30.0 Å². The highest BCUT2D eigenvalue weighted by Gasteiger charge is 2.72. The van der Waals surface area contributed by atoms with Gasteiger partial charge in [0, 0.05) is 13.1 Å². The Morgan fingerprint density at radius 2 is 1.68 bits per heavy atom. The van der Waals surface area contributed by atoms with Gasteiger partial charge in [0.1, 0.15) is 5.54 Å². The van der Waals surface area contributed by atoms with Crippen molar-refractivity contribution >= 4 is 23.5 Å². The Bertz CT molecular complexity index is 1110. The number of esters is 1. The second kappa shape index (κ2) is 7.26. The number of fused-ring (bicyclic) bond motifs is 5. The van der Waals surface area contributed by atoms with E-state index in [1.165, 1.54) is 19.2 Å². The standard InChI is InChI=1S/C23H24F3N3O5/c1-20(2,19(32)33-5)28-10-21(3)15-16(22(4,11-28)34-21)18(31)29(17(15)30)13-7-6-12(9-27)14(8-13)23(24,25)26/h6-8,15-16H,10-11H2,1-5H3/t15-,16+,21-,22+. The summed E-state index contributed by atoms with van der Waals surface area (Å²) in [5, 5.41) is 9.05. The number of rotatable bonds is 3. The Kier molecular flexibility index (Phi) is 5.16. The Labute approximate surface area is 194 Å². The van der Waals surface area contributed by atoms with Crippen molar-refractivity contribution in [3.05, 3.63) is 29.3 Å². The first-order valence-electron chi connectivity index (χ1n) is 10.6. The number of carbonyl (C=O) groups excluding carboxylic acids is 3. The monoisotopic (exact) mass is 479 g/mol. The Hall–Kier alpha value is -2.97. The molecule has 0 N–H and O–H groups in total. The van der Waals surface area contributed by atoms with Gasteiger partial charge in [-0.1, -0.05) is 0 Å². The lowest BCUT2D eigenvalue weighted by Gasteiger charge is -2.49. The molecule has 182 valence electrons. The highest BCUT2D eigenvalue weighted by molar-refractivity contribution is 6.23. The summed E-state index contributed by atoms with van der Waals surface area (Å²) in [7, 11) is 1.27. The van der Waals surface area contributed by atoms with E-state index in [2.05, 4.69) is 0 Å². The van der Waals surface area contributed by atoms with Crippen LogP contribution in [0.2, 0.25) is 0 Å². The normalized spacial score (nSPS) is 31.4. The molecule has 0 saturated carbocycles. The van der Waals surface area contributed by atoms with Crippen LogP contribution in [0.1, 0.15) is 38.8 Å². The van der Waals surface area contributed by atoms with Crippen molar-refractivity contribution in [2.24, 2.45) is 11.8 Å². The zero-order chi connectivity index (χ0) is 25.4. The molecule has 3 aliphatic heterocycles. The molecule has 8 nitrogen and oxygen atoms in total. The van der Waals surface area contributed by atoms with Gasteiger partial charge < -0.3 is 9.47 Å². The molecule has 1 aromatic carbocycles. The number of amides is 2. The average Bonchev–Trinajstić information content (AvgIpc) is 3.11. The Morgan fingerprint density at radius 3 is 2.12 bits per heavy atom. The zero-order valence-electron chi connectivity index (χ0n) is 19.3. The van der Waals surface area contributed by atoms with E-state index >= 15 is 0 Å². The van der Waals surface area contributed by atoms with E-state index < -0.39 is 63.7 Å². The lowest BCUT2D eigenvalue weighted by atomic mass is 9.79. The van der Waals surface area contributed by atoms with Crippen molar-refractivity contribution < 1.29 is 37.0 Å². The molecule has 0 aliphatic carbocycles. The summed E-state index contributed by atoms with van der Waals surface area (Å²) in [5.74, 6) is -3.72. The SMILES string of the molecule is COC(=O)C(C)(C)N1C[C@@]2(C)O[C@@](C)(C1)[C@@H]1C(=O)N(c3ccc(C#N)c(C(F)(F)F)c3)C(=O)[C@@H]12. The van der Waals surface area contributed by atoms with Gasteiger partial charge in [0.25, 0.3) is 0 Å². The summed E-state index contributed by atoms with van der Waals surface area (Å²) in [6.07, 6.45) is -4.83. The van der Waals surface area contributed by atoms with E-state index in [1.54, 1.807) is 27.7 Å². The molecule has 4 atom stereocenters. The van der Waals surface area contributed by atoms with Gasteiger partial charge in [-0.05, 0) is 45.9 Å². The van der Waals surface area contributed by atoms with Crippen molar-refractivity contribution in [3.63, 3.8) is 0 Å². The quantitative estimate of drug-likeness (QED) is 0.485. The molecule has 0 unspecified atom stereocenters. The smallest absolute Gasteiger partial charge is 0.417 e. The Morgan fingerprint density at radius 1 is 1.15 bits per heavy atom. The summed E-state index contributed by atoms with van der Waals surface area (Å²) < 4.78 is 51.6. The molecule has 4 rings (SSSR count). The maximum absolute atomic E-state index is 13.5. The maximum Gasteiger partial charge on any atom is 0.417 e. The van der Waals surface area contributed by atoms with Gasteiger partial charge in [-0.2, -0.15) is 18.4 Å². The minimum absolute atomic E-state index is 0.139. The molecule has 3 aliphatic rings. The highest BCUT2D eigenvalue weighted by atomic mass is 19.4. The molecule has 2 amide bonds. The van der Waals surface area contributed by atoms with Crippen LogP contribution in [0.5, 0.6) is 0 Å². The first kappa shape index (κ1) is 24.2. The van der Waals surface area contributed by atoms with Crippen molar-refractivity contribution in [1.82, 2.24) is 4.90 Å². The van der Waals surface area contributed by atoms with Gasteiger partial charge in [-0.3, -0.25) is 19.3 Å². The number of nitrogens with zero attached hydrogens (tertiary/aromatic N) is 3. The molecule has 0 radical (unpaired) electrons. The number of halogens is 3. The van der Waals surface area contributed by atoms with E-state index in [1.807, 2.05) is 4.90 Å². The van der Waals surface area contributed by atoms with E-state index in [0.717, 1.165) is 11.0 Å². The van der Waals surface area contributed by atoms with Crippen LogP contribution in [0.4, 0.5) is 18.9 Å². The molecule has 0 aromatic heterocycles. The predicted molar refractivity (Wildman–Crippen MR) is 111 cm³/mol. The maximum atomic E-state index is 13.5. The fourth-order valence-corrected chi connectivity index (χ4v) is 5.67. The van der Waals surface area contributed by atoms with E-state index in [4.69, 9.17) is 14.7 Å². The topological polar surface area (TPSA) is 99.9 Å². The fraction of sp³-hybridized carbons (Fsp3) is 0.565. The van der Waals surface area contributed by atoms with Crippen LogP contribution in [0.25, 0.3) is 0 Å². The summed E-state index contributed by atoms with van der Waals surface area (Å²) >= 11 is 0. The summed E-state index contributed by atoms with van der Waals surface area (Å²) in [6, 6.07) is 4.26. The molecule has 3 fully saturated rings. The number of imide groups is 1. The van der Waals surface area contributed by atoms with Crippen molar-refractivity contribution in [2.45, 2.75) is 50.6 Å². The van der Waals surface area contributed by atoms with Crippen LogP contribution in [-0.4, -0.2) is 59.6 Å². The van der Waals surface area contributed by atoms with Gasteiger partial charge in [0.15, 0.2) is 0 Å². The van der Waals surface area contributed by atoms with Crippen LogP contribution < -0.4 is 4.90 Å². The summed E-state index contributed by atoms with van der Waals surface area (Å²) in [5.41, 5.74) is -5.44. The predicted octanol–water partition coefficient (Wildman–Crippen LogP) is 2.50. The molecule has 1 aromatic rings. The molecule has 34 heavy (non-hydrogen) atoms. The molecule has 11 heteroatoms. The van der Waals surface area contributed by atoms with Gasteiger partial charge in [-0.25, -0.2) is 4.90 Å². The van der Waals surface area contributed by atoms with Crippen LogP contribution in [0.15, 0.2) is 18.2 Å². The molecule has 0 spiro atoms. The number of anilines is 1. The van der Waals surface area contributed by atoms with Gasteiger partial charge >= 0.3 is 12.1 Å². The average molecular weight is 479 g/mol. The van der Waals surface area contributed by atoms with Crippen LogP contribution in [0, 0.1) is 23.2 Å². The van der Waals surface area contributed by atoms with Crippen molar-refractivity contribution in [2.75, 3.05) is 25.1 Å². The largest absolute Gasteiger partial charge is 0.468 e. The van der Waals surface area contributed by atoms with E-state index in [9.17, 15) is 27.6 Å². The first-order chi connectivity index (χ1) is 15.6. The molecule has 3 saturated heterocycles. The van der Waals surface area contributed by atoms with E-state index in [0.29, 0.717) is 6.07 Å². The van der Waals surface area contributed by atoms with E-state index in [-0.39, 0.29) is 18.8 Å². The number of nitriles is 1. The molecular formula is C23H24F3N3O5. The number of hydrogen-bond acceptors (Lipinski definition) is 7. The number of carbonyl (C=O) groups is 3. The van der Waals surface area contributed by atoms with Crippen molar-refractivity contribution in [1.29, 1.82) is 5.26 Å². The summed E-state index contributed by atoms with van der Waals surface area (Å²) in [4.78, 5) is 42.0. The number of methoxy groups -OCH3 is 1. The lowest BCUT2D eigenvalue weighted by molar-refractivity contribution is -0.191. The Balaban J connectivity index is 1.75. The molecule has 2 bridgehead atoms. The number of ether oxygens (including phenoxy) is 2. The highest BCUT2D eigenvalue weighted by Crippen LogP contribution is 2.56. The van der Waals surface area contributed by atoms with Crippen LogP contribution >= 0.6 is 0 Å². The fourth-order valence-electron chi connectivity index (χ4n) is 5.67. The zero-order valence-corrected chi connectivity index (χ0v) is 19.3. The van der Waals surface area contributed by atoms with Gasteiger partial charge in [0.05, 0.1) is 53.0 Å². The molecular weight excluding hydrogens is 455 g/mol. The number of alkyl halides is 3. The third-order valence-corrected chi connectivity index (χ3v) is 7.26. The number of likely N-dealkylation sites (tertiary alicyclic amines) is 1. The van der Waals surface area contributed by atoms with Crippen LogP contribution in [0.3, 0.4) is 0 Å². The lowest BCUT2D eigenvalue weighted by Crippen LogP contribution is -2.65. The minimum atomic E-state index is -4.83.